The lowest BCUT2D eigenvalue weighted by atomic mass is 9.80. The SMILES string of the molecule is C[C@@H]1C[C@H](S(C)(=O)=O)CC1(CO)CO. The molecule has 1 saturated carbocycles. The molecule has 4 nitrogen and oxygen atoms in total. The van der Waals surface area contributed by atoms with Crippen LogP contribution in [0.25, 0.3) is 0 Å². The smallest absolute Gasteiger partial charge is 0.150 e. The Morgan fingerprint density at radius 1 is 1.36 bits per heavy atom. The van der Waals surface area contributed by atoms with Crippen molar-refractivity contribution >= 4 is 9.84 Å². The first-order chi connectivity index (χ1) is 6.35. The molecule has 0 bridgehead atoms. The summed E-state index contributed by atoms with van der Waals surface area (Å²) in [5.74, 6) is 0.0530. The normalized spacial score (nSPS) is 32.0. The summed E-state index contributed by atoms with van der Waals surface area (Å²) in [7, 11) is -3.05. The van der Waals surface area contributed by atoms with Gasteiger partial charge in [0.25, 0.3) is 0 Å². The van der Waals surface area contributed by atoms with Crippen molar-refractivity contribution in [3.63, 3.8) is 0 Å². The second-order valence-electron chi connectivity index (χ2n) is 4.47. The lowest BCUT2D eigenvalue weighted by Gasteiger charge is -2.28. The van der Waals surface area contributed by atoms with E-state index in [1.54, 1.807) is 0 Å². The molecule has 0 aromatic heterocycles. The molecule has 1 aliphatic carbocycles. The second-order valence-corrected chi connectivity index (χ2v) is 6.80. The van der Waals surface area contributed by atoms with Crippen LogP contribution in [0.1, 0.15) is 19.8 Å². The predicted octanol–water partition coefficient (Wildman–Crippen LogP) is -0.199. The van der Waals surface area contributed by atoms with Crippen molar-refractivity contribution in [1.82, 2.24) is 0 Å². The Morgan fingerprint density at radius 2 is 1.86 bits per heavy atom. The summed E-state index contributed by atoms with van der Waals surface area (Å²) in [6, 6.07) is 0. The summed E-state index contributed by atoms with van der Waals surface area (Å²) < 4.78 is 22.7. The van der Waals surface area contributed by atoms with E-state index in [4.69, 9.17) is 0 Å². The van der Waals surface area contributed by atoms with Gasteiger partial charge in [0.2, 0.25) is 0 Å². The van der Waals surface area contributed by atoms with Crippen LogP contribution in [0.15, 0.2) is 0 Å². The monoisotopic (exact) mass is 222 g/mol. The number of hydrogen-bond acceptors (Lipinski definition) is 4. The molecule has 5 heteroatoms. The van der Waals surface area contributed by atoms with Gasteiger partial charge in [-0.3, -0.25) is 0 Å². The van der Waals surface area contributed by atoms with Crippen molar-refractivity contribution in [3.8, 4) is 0 Å². The number of aliphatic hydroxyl groups is 2. The van der Waals surface area contributed by atoms with Crippen molar-refractivity contribution in [2.24, 2.45) is 11.3 Å². The minimum atomic E-state index is -3.05. The zero-order valence-corrected chi connectivity index (χ0v) is 9.42. The summed E-state index contributed by atoms with van der Waals surface area (Å²) in [6.07, 6.45) is 2.13. The van der Waals surface area contributed by atoms with Gasteiger partial charge in [0.1, 0.15) is 9.84 Å². The molecule has 1 aliphatic rings. The summed E-state index contributed by atoms with van der Waals surface area (Å²) in [6.45, 7) is 1.60. The molecule has 0 aromatic carbocycles. The van der Waals surface area contributed by atoms with Crippen LogP contribution in [0, 0.1) is 11.3 Å². The van der Waals surface area contributed by atoms with Crippen LogP contribution in [0.3, 0.4) is 0 Å². The average molecular weight is 222 g/mol. The van der Waals surface area contributed by atoms with Crippen LogP contribution in [-0.4, -0.2) is 43.4 Å². The lowest BCUT2D eigenvalue weighted by molar-refractivity contribution is 0.0287. The molecule has 2 N–H and O–H groups in total. The second kappa shape index (κ2) is 3.79. The highest BCUT2D eigenvalue weighted by Crippen LogP contribution is 2.44. The Morgan fingerprint density at radius 3 is 2.07 bits per heavy atom. The summed E-state index contributed by atoms with van der Waals surface area (Å²) in [5.41, 5.74) is -0.603. The lowest BCUT2D eigenvalue weighted by Crippen LogP contribution is -2.33. The molecule has 0 radical (unpaired) electrons. The van der Waals surface area contributed by atoms with Crippen LogP contribution < -0.4 is 0 Å². The first-order valence-electron chi connectivity index (χ1n) is 4.76. The maximum atomic E-state index is 11.3. The molecule has 1 rings (SSSR count). The van der Waals surface area contributed by atoms with Crippen LogP contribution in [-0.2, 0) is 9.84 Å². The molecule has 14 heavy (non-hydrogen) atoms. The highest BCUT2D eigenvalue weighted by Gasteiger charge is 2.47. The highest BCUT2D eigenvalue weighted by atomic mass is 32.2. The Bertz CT molecular complexity index is 292. The van der Waals surface area contributed by atoms with E-state index < -0.39 is 20.5 Å². The van der Waals surface area contributed by atoms with Crippen molar-refractivity contribution in [2.45, 2.75) is 25.0 Å². The largest absolute Gasteiger partial charge is 0.396 e. The molecule has 0 heterocycles. The zero-order valence-electron chi connectivity index (χ0n) is 8.60. The highest BCUT2D eigenvalue weighted by molar-refractivity contribution is 7.91. The average Bonchev–Trinajstić information content (AvgIpc) is 2.43. The van der Waals surface area contributed by atoms with Crippen molar-refractivity contribution in [3.05, 3.63) is 0 Å². The van der Waals surface area contributed by atoms with E-state index in [1.807, 2.05) is 6.92 Å². The third-order valence-electron chi connectivity index (χ3n) is 3.53. The van der Waals surface area contributed by atoms with Crippen LogP contribution in [0.5, 0.6) is 0 Å². The van der Waals surface area contributed by atoms with E-state index in [0.717, 1.165) is 0 Å². The van der Waals surface area contributed by atoms with Crippen LogP contribution in [0.2, 0.25) is 0 Å². The molecule has 0 spiro atoms. The van der Waals surface area contributed by atoms with Crippen molar-refractivity contribution in [2.75, 3.05) is 19.5 Å². The van der Waals surface area contributed by atoms with Crippen LogP contribution >= 0.6 is 0 Å². The zero-order chi connectivity index (χ0) is 11.0. The van der Waals surface area contributed by atoms with E-state index in [0.29, 0.717) is 12.8 Å². The van der Waals surface area contributed by atoms with Gasteiger partial charge < -0.3 is 10.2 Å². The molecule has 0 aromatic rings. The van der Waals surface area contributed by atoms with Gasteiger partial charge in [0.05, 0.1) is 18.5 Å². The van der Waals surface area contributed by atoms with E-state index >= 15 is 0 Å². The topological polar surface area (TPSA) is 74.6 Å². The Hall–Kier alpha value is -0.130. The predicted molar refractivity (Wildman–Crippen MR) is 53.6 cm³/mol. The van der Waals surface area contributed by atoms with E-state index in [1.165, 1.54) is 6.26 Å². The van der Waals surface area contributed by atoms with Gasteiger partial charge in [-0.05, 0) is 18.8 Å². The fraction of sp³-hybridized carbons (Fsp3) is 1.00. The van der Waals surface area contributed by atoms with Gasteiger partial charge in [0.15, 0.2) is 0 Å². The Balaban J connectivity index is 2.88. The minimum Gasteiger partial charge on any atom is -0.396 e. The van der Waals surface area contributed by atoms with E-state index in [-0.39, 0.29) is 19.1 Å². The minimum absolute atomic E-state index is 0.0530. The Labute approximate surface area is 84.9 Å². The molecular formula is C9H18O4S. The first-order valence-corrected chi connectivity index (χ1v) is 6.72. The molecule has 84 valence electrons. The molecule has 0 saturated heterocycles. The van der Waals surface area contributed by atoms with E-state index in [2.05, 4.69) is 0 Å². The number of aliphatic hydroxyl groups excluding tert-OH is 2. The maximum Gasteiger partial charge on any atom is 0.150 e. The van der Waals surface area contributed by atoms with Gasteiger partial charge in [-0.1, -0.05) is 6.92 Å². The standard InChI is InChI=1S/C9H18O4S/c1-7-3-8(14(2,12)13)4-9(7,5-10)6-11/h7-8,10-11H,3-6H2,1-2H3/t7-,8+/m1/s1. The third-order valence-corrected chi connectivity index (χ3v) is 5.10. The van der Waals surface area contributed by atoms with Gasteiger partial charge >= 0.3 is 0 Å². The fourth-order valence-corrected chi connectivity index (χ4v) is 3.47. The third kappa shape index (κ3) is 1.94. The molecular weight excluding hydrogens is 204 g/mol. The van der Waals surface area contributed by atoms with Crippen molar-refractivity contribution < 1.29 is 18.6 Å². The molecule has 0 amide bonds. The van der Waals surface area contributed by atoms with Gasteiger partial charge in [-0.2, -0.15) is 0 Å². The molecule has 2 atom stereocenters. The van der Waals surface area contributed by atoms with Gasteiger partial charge in [-0.15, -0.1) is 0 Å². The van der Waals surface area contributed by atoms with Crippen molar-refractivity contribution in [1.29, 1.82) is 0 Å². The number of hydrogen-bond donors (Lipinski definition) is 2. The van der Waals surface area contributed by atoms with Crippen LogP contribution in [0.4, 0.5) is 0 Å². The van der Waals surface area contributed by atoms with Gasteiger partial charge in [0, 0.05) is 11.7 Å². The summed E-state index contributed by atoms with van der Waals surface area (Å²) in [4.78, 5) is 0. The summed E-state index contributed by atoms with van der Waals surface area (Å²) >= 11 is 0. The number of rotatable bonds is 3. The summed E-state index contributed by atoms with van der Waals surface area (Å²) in [5, 5.41) is 18.0. The Kier molecular flexibility index (Phi) is 3.23. The molecule has 0 unspecified atom stereocenters. The fourth-order valence-electron chi connectivity index (χ4n) is 2.20. The molecule has 0 aliphatic heterocycles. The van der Waals surface area contributed by atoms with Gasteiger partial charge in [-0.25, -0.2) is 8.42 Å². The quantitative estimate of drug-likeness (QED) is 0.693. The van der Waals surface area contributed by atoms with E-state index in [9.17, 15) is 18.6 Å². The molecule has 1 fully saturated rings. The number of sulfone groups is 1. The first kappa shape index (κ1) is 11.9. The maximum absolute atomic E-state index is 11.3.